The van der Waals surface area contributed by atoms with Crippen molar-refractivity contribution < 1.29 is 0 Å². The number of aromatic amines is 1. The first-order valence-corrected chi connectivity index (χ1v) is 10.7. The van der Waals surface area contributed by atoms with Gasteiger partial charge in [0.15, 0.2) is 5.82 Å². The monoisotopic (exact) mass is 510 g/mol. The molecule has 0 spiro atoms. The molecule has 29 heavy (non-hydrogen) atoms. The standard InChI is InChI=1S/C20H14BrCl3N4O/c1-2-15-17-19(28(27-15)18-13(23)8-12(22)9-14(18)24)25-16(26-20(17)29)7-10-3-5-11(21)6-4-10/h3-6,8-9,27H,2,7H2,1H3. The molecule has 2 aliphatic rings. The minimum Gasteiger partial charge on any atom is -0.295 e. The fourth-order valence-electron chi connectivity index (χ4n) is 3.17. The third-order valence-electron chi connectivity index (χ3n) is 4.50. The van der Waals surface area contributed by atoms with Gasteiger partial charge in [0, 0.05) is 21.6 Å². The van der Waals surface area contributed by atoms with Crippen molar-refractivity contribution >= 4 is 50.7 Å². The van der Waals surface area contributed by atoms with E-state index in [0.717, 1.165) is 10.0 Å². The zero-order valence-corrected chi connectivity index (χ0v) is 19.0. The molecule has 0 aliphatic carbocycles. The Bertz CT molecular complexity index is 1210. The predicted octanol–water partition coefficient (Wildman–Crippen LogP) is 5.94. The highest BCUT2D eigenvalue weighted by Gasteiger charge is 2.25. The molecule has 2 aromatic carbocycles. The topological polar surface area (TPSA) is 63.6 Å². The minimum absolute atomic E-state index is 0.338. The van der Waals surface area contributed by atoms with E-state index >= 15 is 0 Å². The summed E-state index contributed by atoms with van der Waals surface area (Å²) in [6, 6.07) is 11.0. The maximum Gasteiger partial charge on any atom is 0.284 e. The maximum absolute atomic E-state index is 12.8. The average molecular weight is 513 g/mol. The van der Waals surface area contributed by atoms with Crippen LogP contribution in [0.15, 0.2) is 45.7 Å². The van der Waals surface area contributed by atoms with Crippen LogP contribution in [0.25, 0.3) is 17.1 Å². The van der Waals surface area contributed by atoms with Gasteiger partial charge in [-0.2, -0.15) is 4.98 Å². The lowest BCUT2D eigenvalue weighted by molar-refractivity contribution is 0.827. The van der Waals surface area contributed by atoms with Gasteiger partial charge in [-0.3, -0.25) is 9.89 Å². The van der Waals surface area contributed by atoms with Crippen LogP contribution < -0.4 is 5.56 Å². The van der Waals surface area contributed by atoms with Crippen molar-refractivity contribution in [1.29, 1.82) is 0 Å². The molecule has 1 N–H and O–H groups in total. The summed E-state index contributed by atoms with van der Waals surface area (Å²) in [5, 5.41) is 4.31. The number of nitrogens with one attached hydrogen (secondary N) is 1. The van der Waals surface area contributed by atoms with Gasteiger partial charge < -0.3 is 0 Å². The van der Waals surface area contributed by atoms with Gasteiger partial charge in [-0.25, -0.2) is 9.67 Å². The summed E-state index contributed by atoms with van der Waals surface area (Å²) in [6.07, 6.45) is 1.02. The number of aryl methyl sites for hydroxylation is 1. The van der Waals surface area contributed by atoms with Crippen LogP contribution >= 0.6 is 50.7 Å². The molecule has 2 heterocycles. The second-order valence-electron chi connectivity index (χ2n) is 6.44. The number of nitrogens with zero attached hydrogens (tertiary/aromatic N) is 3. The van der Waals surface area contributed by atoms with Crippen molar-refractivity contribution in [1.82, 2.24) is 19.7 Å². The Morgan fingerprint density at radius 1 is 1.07 bits per heavy atom. The van der Waals surface area contributed by atoms with E-state index < -0.39 is 0 Å². The van der Waals surface area contributed by atoms with Gasteiger partial charge in [-0.05, 0) is 36.2 Å². The van der Waals surface area contributed by atoms with E-state index in [9.17, 15) is 4.79 Å². The van der Waals surface area contributed by atoms with Crippen molar-refractivity contribution in [3.05, 3.63) is 83.4 Å². The molecule has 0 bridgehead atoms. The van der Waals surface area contributed by atoms with Crippen molar-refractivity contribution in [3.8, 4) is 17.1 Å². The van der Waals surface area contributed by atoms with E-state index in [1.54, 1.807) is 16.8 Å². The van der Waals surface area contributed by atoms with Crippen LogP contribution in [-0.4, -0.2) is 19.7 Å². The lowest BCUT2D eigenvalue weighted by Crippen LogP contribution is -2.17. The van der Waals surface area contributed by atoms with Gasteiger partial charge in [0.05, 0.1) is 10.0 Å². The fourth-order valence-corrected chi connectivity index (χ4v) is 4.42. The number of rotatable bonds is 4. The Morgan fingerprint density at radius 2 is 1.72 bits per heavy atom. The highest BCUT2D eigenvalue weighted by Crippen LogP contribution is 2.35. The van der Waals surface area contributed by atoms with E-state index in [0.29, 0.717) is 56.5 Å². The predicted molar refractivity (Wildman–Crippen MR) is 120 cm³/mol. The van der Waals surface area contributed by atoms with Gasteiger partial charge in [-0.15, -0.1) is 0 Å². The number of aromatic nitrogens is 4. The Labute approximate surface area is 190 Å². The first-order chi connectivity index (χ1) is 13.9. The Morgan fingerprint density at radius 3 is 2.34 bits per heavy atom. The molecule has 0 aromatic heterocycles. The van der Waals surface area contributed by atoms with E-state index in [2.05, 4.69) is 31.0 Å². The summed E-state index contributed by atoms with van der Waals surface area (Å²) < 4.78 is 2.61. The van der Waals surface area contributed by atoms with Crippen LogP contribution in [0.5, 0.6) is 0 Å². The van der Waals surface area contributed by atoms with E-state index in [-0.39, 0.29) is 5.56 Å². The largest absolute Gasteiger partial charge is 0.295 e. The summed E-state index contributed by atoms with van der Waals surface area (Å²) in [7, 11) is 0. The van der Waals surface area contributed by atoms with E-state index in [1.165, 1.54) is 0 Å². The van der Waals surface area contributed by atoms with Gasteiger partial charge in [-0.1, -0.05) is 69.8 Å². The first kappa shape index (κ1) is 20.4. The normalized spacial score (nSPS) is 11.3. The second-order valence-corrected chi connectivity index (χ2v) is 8.61. The quantitative estimate of drug-likeness (QED) is 0.368. The lowest BCUT2D eigenvalue weighted by Gasteiger charge is -2.11. The second kappa shape index (κ2) is 8.11. The van der Waals surface area contributed by atoms with Gasteiger partial charge in [0.1, 0.15) is 17.1 Å². The molecule has 2 aromatic rings. The zero-order chi connectivity index (χ0) is 20.7. The summed E-state index contributed by atoms with van der Waals surface area (Å²) in [5.41, 5.74) is 2.27. The summed E-state index contributed by atoms with van der Waals surface area (Å²) in [4.78, 5) is 21.7. The molecular weight excluding hydrogens is 499 g/mol. The van der Waals surface area contributed by atoms with Gasteiger partial charge in [0.2, 0.25) is 0 Å². The molecule has 0 amide bonds. The van der Waals surface area contributed by atoms with Crippen molar-refractivity contribution in [2.75, 3.05) is 0 Å². The van der Waals surface area contributed by atoms with Crippen molar-refractivity contribution in [2.45, 2.75) is 19.8 Å². The number of H-pyrrole nitrogens is 1. The van der Waals surface area contributed by atoms with Crippen molar-refractivity contribution in [2.24, 2.45) is 0 Å². The fraction of sp³-hybridized carbons (Fsp3) is 0.150. The number of fused-ring (bicyclic) bond motifs is 1. The Hall–Kier alpha value is -1.86. The number of hydrogen-bond donors (Lipinski definition) is 1. The van der Waals surface area contributed by atoms with Crippen LogP contribution in [-0.2, 0) is 12.8 Å². The van der Waals surface area contributed by atoms with E-state index in [4.69, 9.17) is 34.8 Å². The van der Waals surface area contributed by atoms with Gasteiger partial charge in [0.25, 0.3) is 5.56 Å². The van der Waals surface area contributed by atoms with Crippen molar-refractivity contribution in [3.63, 3.8) is 0 Å². The molecule has 148 valence electrons. The maximum atomic E-state index is 12.8. The molecule has 5 nitrogen and oxygen atoms in total. The van der Waals surface area contributed by atoms with E-state index in [1.807, 2.05) is 31.2 Å². The number of benzene rings is 2. The zero-order valence-electron chi connectivity index (χ0n) is 15.1. The number of hydrogen-bond acceptors (Lipinski definition) is 3. The molecule has 0 saturated heterocycles. The minimum atomic E-state index is -0.338. The van der Waals surface area contributed by atoms with Gasteiger partial charge >= 0.3 is 0 Å². The molecule has 0 atom stereocenters. The third kappa shape index (κ3) is 3.94. The highest BCUT2D eigenvalue weighted by molar-refractivity contribution is 9.10. The van der Waals surface area contributed by atoms with Crippen LogP contribution in [0.1, 0.15) is 24.0 Å². The van der Waals surface area contributed by atoms with Crippen LogP contribution in [0.3, 0.4) is 0 Å². The summed E-state index contributed by atoms with van der Waals surface area (Å²) in [6.45, 7) is 1.94. The molecule has 0 radical (unpaired) electrons. The molecule has 0 unspecified atom stereocenters. The molecule has 2 aliphatic heterocycles. The number of halogens is 4. The summed E-state index contributed by atoms with van der Waals surface area (Å²) in [5.74, 6) is 0.849. The third-order valence-corrected chi connectivity index (χ3v) is 5.82. The highest BCUT2D eigenvalue weighted by atomic mass is 79.9. The molecule has 0 saturated carbocycles. The van der Waals surface area contributed by atoms with Crippen LogP contribution in [0, 0.1) is 0 Å². The molecule has 4 rings (SSSR count). The average Bonchev–Trinajstić information content (AvgIpc) is 3.02. The van der Waals surface area contributed by atoms with Crippen LogP contribution in [0.2, 0.25) is 15.1 Å². The molecular formula is C20H14BrCl3N4O. The Kier molecular flexibility index (Phi) is 5.71. The lowest BCUT2D eigenvalue weighted by atomic mass is 10.1. The summed E-state index contributed by atoms with van der Waals surface area (Å²) >= 11 is 22.3. The SMILES string of the molecule is CCc1[nH]n(-c2c(Cl)cc(Cl)cc2Cl)c2nc(Cc3ccc(Br)cc3)nc(=O)c1-2. The Balaban J connectivity index is 1.91. The molecule has 0 fully saturated rings. The van der Waals surface area contributed by atoms with Crippen LogP contribution in [0.4, 0.5) is 0 Å². The molecule has 9 heteroatoms. The smallest absolute Gasteiger partial charge is 0.284 e. The first-order valence-electron chi connectivity index (χ1n) is 8.77.